The molecule has 1 heterocycles. The first-order chi connectivity index (χ1) is 8.25. The smallest absolute Gasteiger partial charge is 0.229 e. The van der Waals surface area contributed by atoms with Crippen LogP contribution in [0.3, 0.4) is 0 Å². The minimum Gasteiger partial charge on any atom is -0.492 e. The molecule has 0 saturated carbocycles. The Balaban J connectivity index is 2.09. The van der Waals surface area contributed by atoms with E-state index in [4.69, 9.17) is 0 Å². The lowest BCUT2D eigenvalue weighted by atomic mass is 9.82. The van der Waals surface area contributed by atoms with Gasteiger partial charge in [-0.1, -0.05) is 24.3 Å². The molecule has 2 aromatic rings. The minimum atomic E-state index is 0.116. The Morgan fingerprint density at radius 3 is 2.94 bits per heavy atom. The molecule has 1 aromatic heterocycles. The number of rotatable bonds is 1. The average Bonchev–Trinajstić information content (AvgIpc) is 2.68. The summed E-state index contributed by atoms with van der Waals surface area (Å²) in [4.78, 5) is 4.25. The average molecular weight is 228 g/mol. The molecule has 0 bridgehead atoms. The van der Waals surface area contributed by atoms with Gasteiger partial charge in [-0.3, -0.25) is 0 Å². The monoisotopic (exact) mass is 228 g/mol. The van der Waals surface area contributed by atoms with E-state index in [0.29, 0.717) is 5.92 Å². The molecule has 0 amide bonds. The van der Waals surface area contributed by atoms with Crippen molar-refractivity contribution >= 4 is 0 Å². The van der Waals surface area contributed by atoms with E-state index >= 15 is 0 Å². The summed E-state index contributed by atoms with van der Waals surface area (Å²) in [6.07, 6.45) is 5.13. The maximum atomic E-state index is 9.48. The number of aryl methyl sites for hydroxylation is 2. The fraction of sp³-hybridized carbons (Fsp3) is 0.357. The number of benzene rings is 1. The standard InChI is InChI=1S/C14H16N2O/c1-16-9-13(17)15-14(16)12-8-4-6-10-5-2-3-7-11(10)12/h2-3,5,7,9,12,17H,4,6,8H2,1H3. The van der Waals surface area contributed by atoms with E-state index in [9.17, 15) is 5.11 Å². The maximum Gasteiger partial charge on any atom is 0.229 e. The minimum absolute atomic E-state index is 0.116. The van der Waals surface area contributed by atoms with E-state index in [2.05, 4.69) is 29.2 Å². The van der Waals surface area contributed by atoms with Crippen LogP contribution in [-0.2, 0) is 13.5 Å². The lowest BCUT2D eigenvalue weighted by Crippen LogP contribution is -2.14. The van der Waals surface area contributed by atoms with Crippen LogP contribution >= 0.6 is 0 Å². The van der Waals surface area contributed by atoms with Crippen LogP contribution in [0, 0.1) is 0 Å². The van der Waals surface area contributed by atoms with E-state index < -0.39 is 0 Å². The van der Waals surface area contributed by atoms with Crippen LogP contribution < -0.4 is 0 Å². The van der Waals surface area contributed by atoms with Gasteiger partial charge in [-0.05, 0) is 30.4 Å². The van der Waals surface area contributed by atoms with Gasteiger partial charge < -0.3 is 9.67 Å². The molecular formula is C14H16N2O. The number of nitrogens with zero attached hydrogens (tertiary/aromatic N) is 2. The van der Waals surface area contributed by atoms with Crippen LogP contribution in [0.15, 0.2) is 30.5 Å². The van der Waals surface area contributed by atoms with E-state index in [1.165, 1.54) is 17.5 Å². The fourth-order valence-electron chi connectivity index (χ4n) is 2.81. The van der Waals surface area contributed by atoms with Crippen molar-refractivity contribution in [3.05, 3.63) is 47.4 Å². The largest absolute Gasteiger partial charge is 0.492 e. The van der Waals surface area contributed by atoms with Gasteiger partial charge in [0.25, 0.3) is 0 Å². The van der Waals surface area contributed by atoms with Gasteiger partial charge in [0.2, 0.25) is 5.88 Å². The number of fused-ring (bicyclic) bond motifs is 1. The summed E-state index contributed by atoms with van der Waals surface area (Å²) in [5.41, 5.74) is 2.79. The van der Waals surface area contributed by atoms with Crippen LogP contribution in [0.5, 0.6) is 5.88 Å². The second-order valence-electron chi connectivity index (χ2n) is 4.71. The first kappa shape index (κ1) is 10.4. The zero-order chi connectivity index (χ0) is 11.8. The zero-order valence-corrected chi connectivity index (χ0v) is 9.93. The predicted octanol–water partition coefficient (Wildman–Crippen LogP) is 2.59. The summed E-state index contributed by atoms with van der Waals surface area (Å²) in [6, 6.07) is 8.56. The molecule has 0 spiro atoms. The Bertz CT molecular complexity index is 545. The van der Waals surface area contributed by atoms with Crippen molar-refractivity contribution in [3.63, 3.8) is 0 Å². The van der Waals surface area contributed by atoms with Gasteiger partial charge in [0.15, 0.2) is 0 Å². The van der Waals surface area contributed by atoms with Crippen molar-refractivity contribution < 1.29 is 5.11 Å². The Morgan fingerprint density at radius 2 is 2.18 bits per heavy atom. The molecule has 3 heteroatoms. The van der Waals surface area contributed by atoms with Gasteiger partial charge in [0.05, 0.1) is 6.20 Å². The van der Waals surface area contributed by atoms with E-state index in [1.807, 2.05) is 11.6 Å². The quantitative estimate of drug-likeness (QED) is 0.814. The molecule has 0 saturated heterocycles. The first-order valence-electron chi connectivity index (χ1n) is 6.06. The molecule has 0 fully saturated rings. The fourth-order valence-corrected chi connectivity index (χ4v) is 2.81. The number of imidazole rings is 1. The number of hydrogen-bond acceptors (Lipinski definition) is 2. The van der Waals surface area contributed by atoms with Crippen LogP contribution in [0.25, 0.3) is 0 Å². The third-order valence-electron chi connectivity index (χ3n) is 3.58. The van der Waals surface area contributed by atoms with Crippen LogP contribution in [0.4, 0.5) is 0 Å². The number of aromatic hydroxyl groups is 1. The molecular weight excluding hydrogens is 212 g/mol. The van der Waals surface area contributed by atoms with E-state index in [-0.39, 0.29) is 5.88 Å². The second-order valence-corrected chi connectivity index (χ2v) is 4.71. The van der Waals surface area contributed by atoms with Gasteiger partial charge >= 0.3 is 0 Å². The number of aromatic nitrogens is 2. The van der Waals surface area contributed by atoms with Crippen LogP contribution in [0.1, 0.15) is 35.7 Å². The maximum absolute atomic E-state index is 9.48. The highest BCUT2D eigenvalue weighted by atomic mass is 16.3. The van der Waals surface area contributed by atoms with Crippen molar-refractivity contribution in [3.8, 4) is 5.88 Å². The molecule has 17 heavy (non-hydrogen) atoms. The Labute approximate surface area is 101 Å². The SMILES string of the molecule is Cn1cc(O)nc1C1CCCc2ccccc21. The van der Waals surface area contributed by atoms with Gasteiger partial charge in [-0.25, -0.2) is 0 Å². The summed E-state index contributed by atoms with van der Waals surface area (Å²) < 4.78 is 1.93. The van der Waals surface area contributed by atoms with E-state index in [0.717, 1.165) is 18.7 Å². The van der Waals surface area contributed by atoms with Gasteiger partial charge in [-0.15, -0.1) is 0 Å². The molecule has 0 radical (unpaired) electrons. The Hall–Kier alpha value is -1.77. The van der Waals surface area contributed by atoms with Crippen molar-refractivity contribution in [2.75, 3.05) is 0 Å². The summed E-state index contributed by atoms with van der Waals surface area (Å²) in [5, 5.41) is 9.48. The van der Waals surface area contributed by atoms with Crippen molar-refractivity contribution in [2.45, 2.75) is 25.2 Å². The first-order valence-corrected chi connectivity index (χ1v) is 6.06. The zero-order valence-electron chi connectivity index (χ0n) is 9.93. The van der Waals surface area contributed by atoms with Crippen LogP contribution in [0.2, 0.25) is 0 Å². The van der Waals surface area contributed by atoms with Crippen LogP contribution in [-0.4, -0.2) is 14.7 Å². The Morgan fingerprint density at radius 1 is 1.35 bits per heavy atom. The molecule has 1 N–H and O–H groups in total. The molecule has 1 aliphatic carbocycles. The van der Waals surface area contributed by atoms with Gasteiger partial charge in [-0.2, -0.15) is 4.98 Å². The van der Waals surface area contributed by atoms with Gasteiger partial charge in [0.1, 0.15) is 5.82 Å². The van der Waals surface area contributed by atoms with Crippen molar-refractivity contribution in [1.82, 2.24) is 9.55 Å². The van der Waals surface area contributed by atoms with Crippen molar-refractivity contribution in [1.29, 1.82) is 0 Å². The Kier molecular flexibility index (Phi) is 2.39. The molecule has 1 unspecified atom stereocenters. The third-order valence-corrected chi connectivity index (χ3v) is 3.58. The molecule has 1 aliphatic rings. The highest BCUT2D eigenvalue weighted by molar-refractivity contribution is 5.37. The van der Waals surface area contributed by atoms with Crippen molar-refractivity contribution in [2.24, 2.45) is 7.05 Å². The third kappa shape index (κ3) is 1.71. The molecule has 3 nitrogen and oxygen atoms in total. The summed E-state index contributed by atoms with van der Waals surface area (Å²) >= 11 is 0. The summed E-state index contributed by atoms with van der Waals surface area (Å²) in [6.45, 7) is 0. The van der Waals surface area contributed by atoms with Gasteiger partial charge in [0, 0.05) is 13.0 Å². The topological polar surface area (TPSA) is 38.0 Å². The lowest BCUT2D eigenvalue weighted by molar-refractivity contribution is 0.453. The highest BCUT2D eigenvalue weighted by Crippen LogP contribution is 2.36. The molecule has 88 valence electrons. The number of hydrogen-bond donors (Lipinski definition) is 1. The molecule has 1 aromatic carbocycles. The molecule has 0 aliphatic heterocycles. The van der Waals surface area contributed by atoms with E-state index in [1.54, 1.807) is 6.20 Å². The normalized spacial score (nSPS) is 19.0. The predicted molar refractivity (Wildman–Crippen MR) is 66.1 cm³/mol. The lowest BCUT2D eigenvalue weighted by Gasteiger charge is -2.24. The second kappa shape index (κ2) is 3.91. The summed E-state index contributed by atoms with van der Waals surface area (Å²) in [5.74, 6) is 1.41. The summed E-state index contributed by atoms with van der Waals surface area (Å²) in [7, 11) is 1.94. The molecule has 3 rings (SSSR count). The molecule has 1 atom stereocenters. The highest BCUT2D eigenvalue weighted by Gasteiger charge is 2.24.